The fraction of sp³-hybridized carbons (Fsp3) is 0.826. The molecule has 0 aliphatic carbocycles. The van der Waals surface area contributed by atoms with Crippen molar-refractivity contribution in [3.63, 3.8) is 0 Å². The second-order valence-corrected chi connectivity index (χ2v) is 25.1. The molecule has 2 aromatic rings. The number of carbonyl (C=O) groups excluding carboxylic acids is 3. The standard InChI is InChI=1S/C46H84N7O17P3S/c1-5-6-7-8-9-11-14-17-20-23-34(2)24-21-18-15-12-10-13-16-19-22-25-37(55)74-29-28-48-36(54)26-27-49-44(58)41(57)46(3,4)31-67-73(64,65)70-72(62,63)66-30-35-40(69-71(59,60)61)39(56)45(68-35)53-33-52-38-42(47)50-32-51-43(38)53/h32-35,39-41,45,56-57H,5-31H2,1-4H3,(H,48,54)(H,49,58)(H,62,63)(H,64,65)(H2,47,50,51)(H2,59,60,61). The third-order valence-electron chi connectivity index (χ3n) is 12.6. The summed E-state index contributed by atoms with van der Waals surface area (Å²) in [4.78, 5) is 88.7. The molecule has 10 N–H and O–H groups in total. The highest BCUT2D eigenvalue weighted by atomic mass is 32.2. The van der Waals surface area contributed by atoms with Crippen molar-refractivity contribution in [2.45, 2.75) is 200 Å². The van der Waals surface area contributed by atoms with E-state index in [4.69, 9.17) is 19.5 Å². The number of hydrogen-bond donors (Lipinski definition) is 9. The number of nitrogens with two attached hydrogens (primary N) is 1. The highest BCUT2D eigenvalue weighted by molar-refractivity contribution is 8.13. The number of thioether (sulfide) groups is 1. The molecular formula is C46H84N7O17P3S. The van der Waals surface area contributed by atoms with Gasteiger partial charge < -0.3 is 50.9 Å². The maximum Gasteiger partial charge on any atom is 0.481 e. The van der Waals surface area contributed by atoms with Crippen LogP contribution in [-0.2, 0) is 50.7 Å². The molecule has 2 amide bonds. The van der Waals surface area contributed by atoms with Gasteiger partial charge in [-0.3, -0.25) is 32.5 Å². The van der Waals surface area contributed by atoms with Gasteiger partial charge in [-0.1, -0.05) is 161 Å². The third kappa shape index (κ3) is 25.8. The van der Waals surface area contributed by atoms with Crippen molar-refractivity contribution in [3.8, 4) is 0 Å². The smallest absolute Gasteiger partial charge is 0.386 e. The Kier molecular flexibility index (Phi) is 30.0. The topological polar surface area (TPSA) is 364 Å². The number of aliphatic hydroxyl groups is 2. The lowest BCUT2D eigenvalue weighted by Crippen LogP contribution is -2.46. The van der Waals surface area contributed by atoms with Crippen LogP contribution < -0.4 is 16.4 Å². The number of carbonyl (C=O) groups is 3. The summed E-state index contributed by atoms with van der Waals surface area (Å²) in [6.45, 7) is 5.26. The molecule has 0 saturated carbocycles. The number of nitrogens with one attached hydrogen (secondary N) is 2. The molecule has 426 valence electrons. The molecule has 1 aliphatic rings. The van der Waals surface area contributed by atoms with Gasteiger partial charge in [-0.2, -0.15) is 4.31 Å². The molecule has 0 bridgehead atoms. The number of hydrogen-bond acceptors (Lipinski definition) is 18. The number of amides is 2. The molecule has 8 atom stereocenters. The number of imidazole rings is 1. The molecule has 0 aromatic carbocycles. The summed E-state index contributed by atoms with van der Waals surface area (Å²) in [5.74, 6) is -0.178. The Bertz CT molecular complexity index is 2140. The van der Waals surface area contributed by atoms with Gasteiger partial charge in [0.25, 0.3) is 0 Å². The number of phosphoric acid groups is 3. The van der Waals surface area contributed by atoms with Crippen LogP contribution >= 0.6 is 35.2 Å². The van der Waals surface area contributed by atoms with Gasteiger partial charge >= 0.3 is 23.5 Å². The number of fused-ring (bicyclic) bond motifs is 1. The van der Waals surface area contributed by atoms with Crippen LogP contribution in [0.5, 0.6) is 0 Å². The highest BCUT2D eigenvalue weighted by Gasteiger charge is 2.50. The lowest BCUT2D eigenvalue weighted by Gasteiger charge is -2.30. The number of unbranched alkanes of at least 4 members (excludes halogenated alkanes) is 16. The van der Waals surface area contributed by atoms with E-state index in [-0.39, 0.29) is 41.6 Å². The Morgan fingerprint density at radius 1 is 0.811 bits per heavy atom. The van der Waals surface area contributed by atoms with Gasteiger partial charge in [-0.25, -0.2) is 28.6 Å². The van der Waals surface area contributed by atoms with Crippen LogP contribution in [0.4, 0.5) is 5.82 Å². The summed E-state index contributed by atoms with van der Waals surface area (Å²) in [7, 11) is -16.4. The molecule has 28 heteroatoms. The van der Waals surface area contributed by atoms with Crippen LogP contribution in [0.25, 0.3) is 11.2 Å². The van der Waals surface area contributed by atoms with Crippen LogP contribution in [0, 0.1) is 11.3 Å². The van der Waals surface area contributed by atoms with Gasteiger partial charge in [0.05, 0.1) is 19.5 Å². The number of nitrogen functional groups attached to an aromatic ring is 1. The molecular weight excluding hydrogens is 1050 g/mol. The minimum absolute atomic E-state index is 0.0345. The number of aromatic nitrogens is 4. The maximum absolute atomic E-state index is 12.8. The largest absolute Gasteiger partial charge is 0.481 e. The Hall–Kier alpha value is -2.44. The van der Waals surface area contributed by atoms with E-state index in [0.29, 0.717) is 12.2 Å². The van der Waals surface area contributed by atoms with Crippen molar-refractivity contribution < 1.29 is 80.5 Å². The van der Waals surface area contributed by atoms with Crippen LogP contribution in [0.2, 0.25) is 0 Å². The number of nitrogens with zero attached hydrogens (tertiary/aromatic N) is 4. The fourth-order valence-electron chi connectivity index (χ4n) is 8.31. The van der Waals surface area contributed by atoms with Crippen molar-refractivity contribution in [1.29, 1.82) is 0 Å². The second kappa shape index (κ2) is 33.8. The van der Waals surface area contributed by atoms with Gasteiger partial charge in [0.1, 0.15) is 36.3 Å². The average Bonchev–Trinajstić information content (AvgIpc) is 3.89. The van der Waals surface area contributed by atoms with Gasteiger partial charge in [0.2, 0.25) is 11.8 Å². The normalized spacial score (nSPS) is 19.8. The first-order valence-corrected chi connectivity index (χ1v) is 31.5. The van der Waals surface area contributed by atoms with Crippen molar-refractivity contribution >= 4 is 69.1 Å². The Morgan fingerprint density at radius 3 is 1.97 bits per heavy atom. The molecule has 8 unspecified atom stereocenters. The van der Waals surface area contributed by atoms with E-state index in [0.717, 1.165) is 54.2 Å². The van der Waals surface area contributed by atoms with Gasteiger partial charge in [-0.05, 0) is 12.3 Å². The minimum Gasteiger partial charge on any atom is -0.386 e. The van der Waals surface area contributed by atoms with Gasteiger partial charge in [0, 0.05) is 37.1 Å². The zero-order valence-corrected chi connectivity index (χ0v) is 47.0. The summed E-state index contributed by atoms with van der Waals surface area (Å²) in [5, 5.41) is 26.7. The summed E-state index contributed by atoms with van der Waals surface area (Å²) < 4.78 is 62.6. The molecule has 2 aromatic heterocycles. The van der Waals surface area contributed by atoms with Gasteiger partial charge in [-0.15, -0.1) is 0 Å². The number of phosphoric ester groups is 3. The van der Waals surface area contributed by atoms with E-state index in [1.54, 1.807) is 0 Å². The second-order valence-electron chi connectivity index (χ2n) is 19.7. The van der Waals surface area contributed by atoms with E-state index >= 15 is 0 Å². The minimum atomic E-state index is -5.58. The number of anilines is 1. The monoisotopic (exact) mass is 1130 g/mol. The third-order valence-corrected chi connectivity index (χ3v) is 16.7. The predicted molar refractivity (Wildman–Crippen MR) is 279 cm³/mol. The summed E-state index contributed by atoms with van der Waals surface area (Å²) in [5.41, 5.74) is 4.30. The Balaban J connectivity index is 1.22. The first kappa shape index (κ1) is 65.8. The Labute approximate surface area is 439 Å². The average molecular weight is 1130 g/mol. The molecule has 1 saturated heterocycles. The van der Waals surface area contributed by atoms with Crippen LogP contribution in [0.1, 0.15) is 175 Å². The molecule has 0 spiro atoms. The molecule has 1 fully saturated rings. The lowest BCUT2D eigenvalue weighted by atomic mass is 9.87. The quantitative estimate of drug-likeness (QED) is 0.0230. The Morgan fingerprint density at radius 2 is 1.38 bits per heavy atom. The summed E-state index contributed by atoms with van der Waals surface area (Å²) in [6, 6.07) is 0. The van der Waals surface area contributed by atoms with E-state index in [2.05, 4.69) is 48.3 Å². The lowest BCUT2D eigenvalue weighted by molar-refractivity contribution is -0.137. The maximum atomic E-state index is 12.8. The fourth-order valence-corrected chi connectivity index (χ4v) is 11.9. The molecule has 74 heavy (non-hydrogen) atoms. The molecule has 3 heterocycles. The van der Waals surface area contributed by atoms with E-state index in [1.165, 1.54) is 123 Å². The molecule has 1 aliphatic heterocycles. The van der Waals surface area contributed by atoms with Crippen molar-refractivity contribution in [1.82, 2.24) is 30.2 Å². The number of aliphatic hydroxyl groups excluding tert-OH is 2. The highest BCUT2D eigenvalue weighted by Crippen LogP contribution is 2.61. The van der Waals surface area contributed by atoms with Crippen molar-refractivity contribution in [3.05, 3.63) is 12.7 Å². The number of ether oxygens (including phenoxy) is 1. The van der Waals surface area contributed by atoms with E-state index < -0.39 is 84.6 Å². The molecule has 3 rings (SSSR count). The van der Waals surface area contributed by atoms with Crippen molar-refractivity contribution in [2.24, 2.45) is 11.3 Å². The van der Waals surface area contributed by atoms with E-state index in [9.17, 15) is 57.9 Å². The first-order chi connectivity index (χ1) is 34.9. The molecule has 24 nitrogen and oxygen atoms in total. The summed E-state index contributed by atoms with van der Waals surface area (Å²) in [6.07, 6.45) is 19.4. The van der Waals surface area contributed by atoms with Crippen LogP contribution in [0.15, 0.2) is 12.7 Å². The van der Waals surface area contributed by atoms with Crippen LogP contribution in [0.3, 0.4) is 0 Å². The predicted octanol–water partition coefficient (Wildman–Crippen LogP) is 7.51. The van der Waals surface area contributed by atoms with Gasteiger partial charge in [0.15, 0.2) is 22.8 Å². The number of rotatable bonds is 41. The van der Waals surface area contributed by atoms with Crippen molar-refractivity contribution in [2.75, 3.05) is 37.8 Å². The first-order valence-electron chi connectivity index (χ1n) is 26.0. The zero-order chi connectivity index (χ0) is 54.8. The van der Waals surface area contributed by atoms with E-state index in [1.807, 2.05) is 0 Å². The molecule has 0 radical (unpaired) electrons. The van der Waals surface area contributed by atoms with Crippen LogP contribution in [-0.4, -0.2) is 123 Å². The SMILES string of the molecule is CCCCCCCCCCCC(C)CCCCCCCCCCCC(=O)SCCNC(=O)CCNC(=O)C(O)C(C)(C)COP(=O)(O)OP(=O)(O)OCC1OC(n2cnc3c(N)ncnc32)C(O)C1OP(=O)(O)O. The summed E-state index contributed by atoms with van der Waals surface area (Å²) >= 11 is 1.16. The zero-order valence-electron chi connectivity index (χ0n) is 43.5.